The lowest BCUT2D eigenvalue weighted by Crippen LogP contribution is -2.37. The SMILES string of the molecule is Cc1cccc(NC(=O)CNC(=O)C2c3ccccc3Oc3ccccc32)c1C. The molecule has 0 aromatic heterocycles. The summed E-state index contributed by atoms with van der Waals surface area (Å²) in [6.07, 6.45) is 0. The minimum absolute atomic E-state index is 0.103. The Hall–Kier alpha value is -3.60. The first kappa shape index (κ1) is 18.7. The van der Waals surface area contributed by atoms with Gasteiger partial charge in [-0.2, -0.15) is 0 Å². The summed E-state index contributed by atoms with van der Waals surface area (Å²) in [5.41, 5.74) is 4.45. The summed E-state index contributed by atoms with van der Waals surface area (Å²) in [7, 11) is 0. The van der Waals surface area contributed by atoms with E-state index in [2.05, 4.69) is 10.6 Å². The summed E-state index contributed by atoms with van der Waals surface area (Å²) in [4.78, 5) is 25.5. The second kappa shape index (κ2) is 7.80. The number of hydrogen-bond acceptors (Lipinski definition) is 3. The van der Waals surface area contributed by atoms with Crippen LogP contribution in [0.1, 0.15) is 28.2 Å². The van der Waals surface area contributed by atoms with Gasteiger partial charge in [-0.05, 0) is 43.2 Å². The molecule has 0 spiro atoms. The van der Waals surface area contributed by atoms with Gasteiger partial charge >= 0.3 is 0 Å². The lowest BCUT2D eigenvalue weighted by atomic mass is 9.87. The zero-order valence-electron chi connectivity index (χ0n) is 16.4. The van der Waals surface area contributed by atoms with Crippen LogP contribution in [0.4, 0.5) is 5.69 Å². The van der Waals surface area contributed by atoms with Gasteiger partial charge in [0, 0.05) is 16.8 Å². The summed E-state index contributed by atoms with van der Waals surface area (Å²) in [5.74, 6) is 0.298. The number of amides is 2. The van der Waals surface area contributed by atoms with Crippen LogP contribution < -0.4 is 15.4 Å². The standard InChI is InChI=1S/C24H22N2O3/c1-15-8-7-11-19(16(15)2)26-22(27)14-25-24(28)23-17-9-3-5-12-20(17)29-21-13-6-4-10-18(21)23/h3-13,23H,14H2,1-2H3,(H,25,28)(H,26,27). The van der Waals surface area contributed by atoms with Gasteiger partial charge in [-0.3, -0.25) is 9.59 Å². The smallest absolute Gasteiger partial charge is 0.243 e. The maximum atomic E-state index is 13.1. The van der Waals surface area contributed by atoms with Crippen molar-refractivity contribution in [2.75, 3.05) is 11.9 Å². The van der Waals surface area contributed by atoms with Gasteiger partial charge in [-0.15, -0.1) is 0 Å². The Morgan fingerprint density at radius 2 is 1.48 bits per heavy atom. The molecule has 0 aliphatic carbocycles. The number of para-hydroxylation sites is 2. The number of fused-ring (bicyclic) bond motifs is 2. The molecule has 1 aliphatic heterocycles. The lowest BCUT2D eigenvalue weighted by Gasteiger charge is -2.27. The number of anilines is 1. The van der Waals surface area contributed by atoms with E-state index in [4.69, 9.17) is 4.74 Å². The van der Waals surface area contributed by atoms with Crippen LogP contribution in [0.15, 0.2) is 66.7 Å². The Balaban J connectivity index is 1.50. The number of aryl methyl sites for hydroxylation is 1. The van der Waals surface area contributed by atoms with Crippen molar-refractivity contribution < 1.29 is 14.3 Å². The zero-order valence-corrected chi connectivity index (χ0v) is 16.4. The van der Waals surface area contributed by atoms with Crippen LogP contribution in [0.3, 0.4) is 0 Å². The Labute approximate surface area is 169 Å². The fraction of sp³-hybridized carbons (Fsp3) is 0.167. The number of rotatable bonds is 4. The summed E-state index contributed by atoms with van der Waals surface area (Å²) in [6.45, 7) is 3.85. The molecule has 3 aromatic carbocycles. The molecule has 5 nitrogen and oxygen atoms in total. The van der Waals surface area contributed by atoms with Gasteiger partial charge in [0.2, 0.25) is 11.8 Å². The average molecular weight is 386 g/mol. The van der Waals surface area contributed by atoms with Gasteiger partial charge in [0.1, 0.15) is 11.5 Å². The van der Waals surface area contributed by atoms with Crippen molar-refractivity contribution in [2.24, 2.45) is 0 Å². The molecule has 5 heteroatoms. The molecule has 2 amide bonds. The summed E-state index contributed by atoms with van der Waals surface area (Å²) in [5, 5.41) is 5.65. The van der Waals surface area contributed by atoms with Crippen LogP contribution in [-0.2, 0) is 9.59 Å². The highest BCUT2D eigenvalue weighted by atomic mass is 16.5. The number of benzene rings is 3. The fourth-order valence-electron chi connectivity index (χ4n) is 3.54. The van der Waals surface area contributed by atoms with Gasteiger partial charge < -0.3 is 15.4 Å². The lowest BCUT2D eigenvalue weighted by molar-refractivity contribution is -0.124. The van der Waals surface area contributed by atoms with Crippen molar-refractivity contribution in [3.63, 3.8) is 0 Å². The van der Waals surface area contributed by atoms with Gasteiger partial charge in [0.05, 0.1) is 12.5 Å². The minimum Gasteiger partial charge on any atom is -0.457 e. The van der Waals surface area contributed by atoms with Gasteiger partial charge in [-0.1, -0.05) is 48.5 Å². The summed E-state index contributed by atoms with van der Waals surface area (Å²) in [6, 6.07) is 20.7. The number of nitrogens with one attached hydrogen (secondary N) is 2. The normalized spacial score (nSPS) is 12.3. The maximum absolute atomic E-state index is 13.1. The van der Waals surface area contributed by atoms with E-state index in [-0.39, 0.29) is 18.4 Å². The maximum Gasteiger partial charge on any atom is 0.243 e. The highest BCUT2D eigenvalue weighted by molar-refractivity contribution is 5.97. The van der Waals surface area contributed by atoms with E-state index in [1.54, 1.807) is 0 Å². The topological polar surface area (TPSA) is 67.4 Å². The Morgan fingerprint density at radius 3 is 2.14 bits per heavy atom. The molecule has 2 N–H and O–H groups in total. The van der Waals surface area contributed by atoms with Gasteiger partial charge in [0.25, 0.3) is 0 Å². The van der Waals surface area contributed by atoms with Crippen molar-refractivity contribution in [1.29, 1.82) is 0 Å². The Kier molecular flexibility index (Phi) is 5.04. The summed E-state index contributed by atoms with van der Waals surface area (Å²) >= 11 is 0. The van der Waals surface area contributed by atoms with Crippen LogP contribution in [0.25, 0.3) is 0 Å². The predicted octanol–water partition coefficient (Wildman–Crippen LogP) is 4.30. The zero-order chi connectivity index (χ0) is 20.4. The number of ether oxygens (including phenoxy) is 1. The van der Waals surface area contributed by atoms with Crippen molar-refractivity contribution in [3.05, 3.63) is 89.0 Å². The average Bonchev–Trinajstić information content (AvgIpc) is 2.73. The number of carbonyl (C=O) groups excluding carboxylic acids is 2. The molecular formula is C24H22N2O3. The molecule has 1 aliphatic rings. The van der Waals surface area contributed by atoms with E-state index in [0.717, 1.165) is 27.9 Å². The Bertz CT molecular complexity index is 1050. The molecule has 0 atom stereocenters. The van der Waals surface area contributed by atoms with E-state index in [0.29, 0.717) is 11.5 Å². The highest BCUT2D eigenvalue weighted by Crippen LogP contribution is 2.43. The van der Waals surface area contributed by atoms with Crippen LogP contribution in [-0.4, -0.2) is 18.4 Å². The van der Waals surface area contributed by atoms with Crippen molar-refractivity contribution in [1.82, 2.24) is 5.32 Å². The van der Waals surface area contributed by atoms with Crippen LogP contribution >= 0.6 is 0 Å². The molecule has 0 bridgehead atoms. The van der Waals surface area contributed by atoms with E-state index >= 15 is 0 Å². The molecule has 0 unspecified atom stereocenters. The molecule has 146 valence electrons. The molecule has 4 rings (SSSR count). The molecule has 29 heavy (non-hydrogen) atoms. The first-order valence-electron chi connectivity index (χ1n) is 9.54. The van der Waals surface area contributed by atoms with Crippen LogP contribution in [0.2, 0.25) is 0 Å². The summed E-state index contributed by atoms with van der Waals surface area (Å²) < 4.78 is 5.93. The Morgan fingerprint density at radius 1 is 0.862 bits per heavy atom. The quantitative estimate of drug-likeness (QED) is 0.703. The molecule has 0 saturated heterocycles. The highest BCUT2D eigenvalue weighted by Gasteiger charge is 2.32. The van der Waals surface area contributed by atoms with Gasteiger partial charge in [-0.25, -0.2) is 0 Å². The second-order valence-electron chi connectivity index (χ2n) is 7.12. The molecule has 3 aromatic rings. The fourth-order valence-corrected chi connectivity index (χ4v) is 3.54. The number of carbonyl (C=O) groups is 2. The van der Waals surface area contributed by atoms with Crippen molar-refractivity contribution >= 4 is 17.5 Å². The van der Waals surface area contributed by atoms with Crippen molar-refractivity contribution in [2.45, 2.75) is 19.8 Å². The monoisotopic (exact) mass is 386 g/mol. The predicted molar refractivity (Wildman–Crippen MR) is 112 cm³/mol. The molecule has 1 heterocycles. The minimum atomic E-state index is -0.523. The first-order valence-corrected chi connectivity index (χ1v) is 9.54. The second-order valence-corrected chi connectivity index (χ2v) is 7.12. The molecule has 0 fully saturated rings. The van der Waals surface area contributed by atoms with E-state index in [1.165, 1.54) is 0 Å². The third kappa shape index (κ3) is 3.72. The van der Waals surface area contributed by atoms with Gasteiger partial charge in [0.15, 0.2) is 0 Å². The van der Waals surface area contributed by atoms with E-state index < -0.39 is 5.92 Å². The van der Waals surface area contributed by atoms with E-state index in [1.807, 2.05) is 80.6 Å². The largest absolute Gasteiger partial charge is 0.457 e. The third-order valence-corrected chi connectivity index (χ3v) is 5.24. The number of hydrogen-bond donors (Lipinski definition) is 2. The third-order valence-electron chi connectivity index (χ3n) is 5.24. The van der Waals surface area contributed by atoms with E-state index in [9.17, 15) is 9.59 Å². The van der Waals surface area contributed by atoms with Crippen LogP contribution in [0, 0.1) is 13.8 Å². The van der Waals surface area contributed by atoms with Crippen molar-refractivity contribution in [3.8, 4) is 11.5 Å². The van der Waals surface area contributed by atoms with Crippen LogP contribution in [0.5, 0.6) is 11.5 Å². The molecule has 0 radical (unpaired) electrons. The molecule has 0 saturated carbocycles. The molecular weight excluding hydrogens is 364 g/mol. The first-order chi connectivity index (χ1) is 14.0.